The van der Waals surface area contributed by atoms with Crippen LogP contribution in [0, 0.1) is 0 Å². The topological polar surface area (TPSA) is 51.8 Å². The van der Waals surface area contributed by atoms with Crippen LogP contribution in [0.2, 0.25) is 5.02 Å². The molecule has 4 aromatic rings. The molecule has 1 heterocycles. The van der Waals surface area contributed by atoms with E-state index >= 15 is 0 Å². The fourth-order valence-corrected chi connectivity index (χ4v) is 3.31. The molecule has 4 nitrogen and oxygen atoms in total. The second kappa shape index (κ2) is 8.56. The molecule has 0 spiro atoms. The van der Waals surface area contributed by atoms with E-state index in [-0.39, 0.29) is 5.78 Å². The summed E-state index contributed by atoms with van der Waals surface area (Å²) in [6.45, 7) is 4.05. The number of benzene rings is 3. The van der Waals surface area contributed by atoms with Crippen LogP contribution in [0.3, 0.4) is 0 Å². The van der Waals surface area contributed by atoms with Crippen molar-refractivity contribution in [2.75, 3.05) is 6.61 Å². The molecule has 3 aromatic carbocycles. The Labute approximate surface area is 179 Å². The van der Waals surface area contributed by atoms with E-state index in [0.717, 1.165) is 22.1 Å². The van der Waals surface area contributed by atoms with Crippen molar-refractivity contribution in [3.8, 4) is 17.1 Å². The Bertz CT molecular complexity index is 1290. The summed E-state index contributed by atoms with van der Waals surface area (Å²) in [6.07, 6.45) is 0. The largest absolute Gasteiger partial charge is 0.494 e. The number of ketones is 1. The molecule has 0 N–H and O–H groups in total. The van der Waals surface area contributed by atoms with Gasteiger partial charge in [-0.1, -0.05) is 23.7 Å². The zero-order chi connectivity index (χ0) is 21.1. The number of Topliss-reactive ketones (excluding diaryl/α,β-unsaturated/α-hetero) is 1. The molecule has 150 valence electrons. The number of hydrogen-bond donors (Lipinski definition) is 0. The van der Waals surface area contributed by atoms with Crippen LogP contribution in [-0.2, 0) is 0 Å². The Morgan fingerprint density at radius 2 is 1.83 bits per heavy atom. The molecule has 0 saturated heterocycles. The van der Waals surface area contributed by atoms with Crippen molar-refractivity contribution in [1.29, 1.82) is 0 Å². The zero-order valence-electron chi connectivity index (χ0n) is 16.7. The van der Waals surface area contributed by atoms with Crippen molar-refractivity contribution < 1.29 is 13.9 Å². The molecule has 0 aliphatic carbocycles. The average molecular weight is 418 g/mol. The summed E-state index contributed by atoms with van der Waals surface area (Å²) >= 11 is 6.03. The fourth-order valence-electron chi connectivity index (χ4n) is 3.19. The van der Waals surface area contributed by atoms with Crippen LogP contribution in [0.4, 0.5) is 5.69 Å². The van der Waals surface area contributed by atoms with E-state index in [4.69, 9.17) is 25.7 Å². The Morgan fingerprint density at radius 1 is 1.03 bits per heavy atom. The smallest absolute Gasteiger partial charge is 0.159 e. The van der Waals surface area contributed by atoms with Gasteiger partial charge >= 0.3 is 0 Å². The molecule has 0 atom stereocenters. The van der Waals surface area contributed by atoms with Crippen LogP contribution in [0.5, 0.6) is 5.75 Å². The van der Waals surface area contributed by atoms with Gasteiger partial charge in [0.15, 0.2) is 5.78 Å². The number of carbonyl (C=O) groups excluding carboxylic acids is 1. The fraction of sp³-hybridized carbons (Fsp3) is 0.120. The quantitative estimate of drug-likeness (QED) is 0.344. The minimum absolute atomic E-state index is 0.000421. The molecule has 1 aromatic heterocycles. The summed E-state index contributed by atoms with van der Waals surface area (Å²) < 4.78 is 11.8. The minimum Gasteiger partial charge on any atom is -0.494 e. The third-order valence-corrected chi connectivity index (χ3v) is 4.91. The summed E-state index contributed by atoms with van der Waals surface area (Å²) in [4.78, 5) is 16.6. The molecule has 0 radical (unpaired) electrons. The van der Waals surface area contributed by atoms with Gasteiger partial charge in [0.05, 0.1) is 17.7 Å². The summed E-state index contributed by atoms with van der Waals surface area (Å²) in [5, 5.41) is 2.21. The van der Waals surface area contributed by atoms with E-state index in [1.54, 1.807) is 19.1 Å². The lowest BCUT2D eigenvalue weighted by Gasteiger charge is -2.08. The van der Waals surface area contributed by atoms with Crippen molar-refractivity contribution in [3.05, 3.63) is 88.7 Å². The number of halogens is 1. The Kier molecular flexibility index (Phi) is 5.68. The summed E-state index contributed by atoms with van der Waals surface area (Å²) in [5.41, 5.74) is 2.89. The third-order valence-electron chi connectivity index (χ3n) is 4.66. The normalized spacial score (nSPS) is 11.6. The molecule has 5 heteroatoms. The zero-order valence-corrected chi connectivity index (χ0v) is 17.4. The highest BCUT2D eigenvalue weighted by molar-refractivity contribution is 6.30. The van der Waals surface area contributed by atoms with Gasteiger partial charge in [0.2, 0.25) is 0 Å². The lowest BCUT2D eigenvalue weighted by atomic mass is 10.1. The summed E-state index contributed by atoms with van der Waals surface area (Å²) in [7, 11) is 0. The Balaban J connectivity index is 1.96. The van der Waals surface area contributed by atoms with Crippen LogP contribution in [0.15, 0.2) is 82.2 Å². The van der Waals surface area contributed by atoms with Gasteiger partial charge in [0.25, 0.3) is 0 Å². The second-order valence-electron chi connectivity index (χ2n) is 6.81. The number of carbonyl (C=O) groups is 1. The van der Waals surface area contributed by atoms with E-state index in [2.05, 4.69) is 0 Å². The number of hydrogen-bond acceptors (Lipinski definition) is 4. The van der Waals surface area contributed by atoms with Gasteiger partial charge in [-0.15, -0.1) is 0 Å². The number of ether oxygens (including phenoxy) is 1. The van der Waals surface area contributed by atoms with Gasteiger partial charge in [-0.05, 0) is 68.4 Å². The van der Waals surface area contributed by atoms with Crippen molar-refractivity contribution in [3.63, 3.8) is 0 Å². The van der Waals surface area contributed by atoms with E-state index < -0.39 is 0 Å². The molecule has 4 rings (SSSR count). The highest BCUT2D eigenvalue weighted by Crippen LogP contribution is 2.26. The predicted octanol–water partition coefficient (Wildman–Crippen LogP) is 6.59. The maximum Gasteiger partial charge on any atom is 0.159 e. The van der Waals surface area contributed by atoms with Crippen molar-refractivity contribution in [2.24, 2.45) is 4.99 Å². The average Bonchev–Trinajstić information content (AvgIpc) is 2.75. The van der Waals surface area contributed by atoms with E-state index in [9.17, 15) is 4.79 Å². The minimum atomic E-state index is 0.000421. The van der Waals surface area contributed by atoms with Gasteiger partial charge < -0.3 is 9.15 Å². The van der Waals surface area contributed by atoms with Crippen LogP contribution in [0.25, 0.3) is 22.3 Å². The molecular weight excluding hydrogens is 398 g/mol. The van der Waals surface area contributed by atoms with Gasteiger partial charge in [0.1, 0.15) is 17.1 Å². The molecule has 0 bridgehead atoms. The first-order valence-corrected chi connectivity index (χ1v) is 10.0. The van der Waals surface area contributed by atoms with Crippen LogP contribution in [-0.4, -0.2) is 12.4 Å². The van der Waals surface area contributed by atoms with E-state index in [0.29, 0.717) is 34.2 Å². The molecule has 30 heavy (non-hydrogen) atoms. The van der Waals surface area contributed by atoms with Gasteiger partial charge in [-0.2, -0.15) is 0 Å². The van der Waals surface area contributed by atoms with Gasteiger partial charge in [-0.25, -0.2) is 4.99 Å². The first-order valence-electron chi connectivity index (χ1n) is 9.66. The molecule has 0 aliphatic rings. The van der Waals surface area contributed by atoms with Crippen molar-refractivity contribution in [2.45, 2.75) is 13.8 Å². The van der Waals surface area contributed by atoms with Crippen molar-refractivity contribution >= 4 is 34.0 Å². The molecule has 0 amide bonds. The first-order chi connectivity index (χ1) is 14.5. The first kappa shape index (κ1) is 19.9. The number of rotatable bonds is 5. The lowest BCUT2D eigenvalue weighted by Crippen LogP contribution is -2.04. The molecular formula is C25H20ClNO3. The second-order valence-corrected chi connectivity index (χ2v) is 7.25. The maximum atomic E-state index is 11.8. The van der Waals surface area contributed by atoms with Crippen LogP contribution >= 0.6 is 11.6 Å². The third kappa shape index (κ3) is 4.29. The van der Waals surface area contributed by atoms with Crippen molar-refractivity contribution in [1.82, 2.24) is 0 Å². The van der Waals surface area contributed by atoms with Gasteiger partial charge in [0, 0.05) is 27.6 Å². The maximum absolute atomic E-state index is 11.8. The lowest BCUT2D eigenvalue weighted by molar-refractivity contribution is 0.101. The summed E-state index contributed by atoms with van der Waals surface area (Å²) in [5.74, 6) is 1.42. The SMILES string of the molecule is CCOc1ccc2oc(-c3ccc(Cl)cc3)cc(=Nc3cccc(C(C)=O)c3)c2c1. The standard InChI is InChI=1S/C25H20ClNO3/c1-3-29-21-11-12-24-22(14-21)23(27-20-6-4-5-18(13-20)16(2)28)15-25(30-24)17-7-9-19(26)10-8-17/h4-15H,3H2,1-2H3. The molecule has 0 unspecified atom stereocenters. The predicted molar refractivity (Wildman–Crippen MR) is 119 cm³/mol. The molecule has 0 fully saturated rings. The molecule has 0 aliphatic heterocycles. The Morgan fingerprint density at radius 3 is 2.57 bits per heavy atom. The highest BCUT2D eigenvalue weighted by Gasteiger charge is 2.08. The van der Waals surface area contributed by atoms with Crippen LogP contribution < -0.4 is 10.1 Å². The van der Waals surface area contributed by atoms with Gasteiger partial charge in [-0.3, -0.25) is 4.79 Å². The summed E-state index contributed by atoms with van der Waals surface area (Å²) in [6, 6.07) is 22.3. The van der Waals surface area contributed by atoms with Crippen LogP contribution in [0.1, 0.15) is 24.2 Å². The number of nitrogens with zero attached hydrogens (tertiary/aromatic N) is 1. The van der Waals surface area contributed by atoms with E-state index in [1.807, 2.05) is 67.6 Å². The highest BCUT2D eigenvalue weighted by atomic mass is 35.5. The van der Waals surface area contributed by atoms with E-state index in [1.165, 1.54) is 0 Å². The molecule has 0 saturated carbocycles. The monoisotopic (exact) mass is 417 g/mol. The Hall–Kier alpha value is -3.37. The number of fused-ring (bicyclic) bond motifs is 1.